The molecule has 1 unspecified atom stereocenters. The lowest BCUT2D eigenvalue weighted by atomic mass is 9.59. The molecule has 176 valence electrons. The summed E-state index contributed by atoms with van der Waals surface area (Å²) in [4.78, 5) is 42.9. The molecule has 0 N–H and O–H groups in total. The van der Waals surface area contributed by atoms with Crippen molar-refractivity contribution in [3.8, 4) is 11.5 Å². The van der Waals surface area contributed by atoms with Crippen LogP contribution in [-0.4, -0.2) is 24.9 Å². The Hall–Kier alpha value is -3.41. The Bertz CT molecular complexity index is 1200. The number of ether oxygens (including phenoxy) is 2. The number of nitrogens with zero attached hydrogens (tertiary/aromatic N) is 1. The number of amides is 2. The van der Waals surface area contributed by atoms with E-state index in [1.807, 2.05) is 52.8 Å². The quantitative estimate of drug-likeness (QED) is 0.285. The molecule has 1 saturated heterocycles. The van der Waals surface area contributed by atoms with Crippen molar-refractivity contribution in [2.45, 2.75) is 34.6 Å². The van der Waals surface area contributed by atoms with E-state index in [0.717, 1.165) is 11.1 Å². The van der Waals surface area contributed by atoms with Crippen LogP contribution in [0.15, 0.2) is 65.7 Å². The molecule has 3 aliphatic rings. The van der Waals surface area contributed by atoms with Crippen LogP contribution in [0.2, 0.25) is 0 Å². The van der Waals surface area contributed by atoms with Crippen LogP contribution >= 0.6 is 0 Å². The predicted octanol–water partition coefficient (Wildman–Crippen LogP) is 4.79. The summed E-state index contributed by atoms with van der Waals surface area (Å²) in [7, 11) is 1.57. The van der Waals surface area contributed by atoms with Gasteiger partial charge in [-0.25, -0.2) is 4.90 Å². The lowest BCUT2D eigenvalue weighted by Gasteiger charge is -2.43. The molecular weight excluding hydrogens is 430 g/mol. The van der Waals surface area contributed by atoms with Gasteiger partial charge in [0.15, 0.2) is 0 Å². The Balaban J connectivity index is 1.60. The fraction of sp³-hybridized carbons (Fsp3) is 0.393. The van der Waals surface area contributed by atoms with E-state index in [9.17, 15) is 14.4 Å². The van der Waals surface area contributed by atoms with E-state index in [1.165, 1.54) is 4.90 Å². The van der Waals surface area contributed by atoms with Gasteiger partial charge in [-0.05, 0) is 57.2 Å². The van der Waals surface area contributed by atoms with E-state index in [0.29, 0.717) is 17.2 Å². The second-order valence-electron chi connectivity index (χ2n) is 10.1. The van der Waals surface area contributed by atoms with Crippen LogP contribution in [0.3, 0.4) is 0 Å². The molecule has 6 nitrogen and oxygen atoms in total. The van der Waals surface area contributed by atoms with Crippen molar-refractivity contribution < 1.29 is 23.9 Å². The Morgan fingerprint density at radius 2 is 1.26 bits per heavy atom. The van der Waals surface area contributed by atoms with Gasteiger partial charge in [0.2, 0.25) is 11.8 Å². The number of rotatable bonds is 4. The first-order valence-corrected chi connectivity index (χ1v) is 11.5. The van der Waals surface area contributed by atoms with Crippen molar-refractivity contribution in [2.75, 3.05) is 12.0 Å². The number of allylic oxidation sites excluding steroid dienone is 2. The van der Waals surface area contributed by atoms with Gasteiger partial charge in [-0.1, -0.05) is 43.2 Å². The summed E-state index contributed by atoms with van der Waals surface area (Å²) >= 11 is 0. The average Bonchev–Trinajstić information content (AvgIpc) is 3.25. The van der Waals surface area contributed by atoms with Gasteiger partial charge in [0.05, 0.1) is 30.0 Å². The van der Waals surface area contributed by atoms with Crippen molar-refractivity contribution in [1.82, 2.24) is 0 Å². The van der Waals surface area contributed by atoms with Gasteiger partial charge in [-0.3, -0.25) is 14.4 Å². The summed E-state index contributed by atoms with van der Waals surface area (Å²) in [6, 6.07) is 15.8. The first kappa shape index (κ1) is 22.4. The number of methoxy groups -OCH3 is 1. The van der Waals surface area contributed by atoms with Crippen LogP contribution in [0.4, 0.5) is 5.69 Å². The minimum Gasteiger partial charge on any atom is -0.497 e. The number of anilines is 1. The molecule has 5 rings (SSSR count). The predicted molar refractivity (Wildman–Crippen MR) is 127 cm³/mol. The Labute approximate surface area is 199 Å². The summed E-state index contributed by atoms with van der Waals surface area (Å²) in [6.45, 7) is 9.75. The highest BCUT2D eigenvalue weighted by atomic mass is 16.5. The number of imide groups is 1. The molecule has 1 aliphatic heterocycles. The number of fused-ring (bicyclic) bond motifs is 5. The molecule has 2 amide bonds. The Kier molecular flexibility index (Phi) is 4.64. The second kappa shape index (κ2) is 7.05. The highest BCUT2D eigenvalue weighted by Gasteiger charge is 2.84. The van der Waals surface area contributed by atoms with Gasteiger partial charge in [0.1, 0.15) is 11.5 Å². The SMILES string of the molecule is COc1ccc(OC(=O)C2(C)[C@@]3(C)C(C)=C(C)[C@]2(C)[C@@H]2C(=O)N(c4ccccc4)C(=O)[C@@H]23)cc1. The van der Waals surface area contributed by atoms with Gasteiger partial charge in [-0.15, -0.1) is 0 Å². The number of carbonyl (C=O) groups is 3. The zero-order valence-corrected chi connectivity index (χ0v) is 20.3. The molecule has 0 radical (unpaired) electrons. The maximum atomic E-state index is 13.9. The van der Waals surface area contributed by atoms with Crippen molar-refractivity contribution in [3.05, 3.63) is 65.7 Å². The second-order valence-corrected chi connectivity index (χ2v) is 10.1. The molecular formula is C28H29NO5. The third kappa shape index (κ3) is 2.33. The molecule has 2 bridgehead atoms. The number of para-hydroxylation sites is 1. The molecule has 2 aliphatic carbocycles. The third-order valence-electron chi connectivity index (χ3n) is 9.44. The largest absolute Gasteiger partial charge is 0.497 e. The Morgan fingerprint density at radius 1 is 0.794 bits per heavy atom. The molecule has 0 spiro atoms. The smallest absolute Gasteiger partial charge is 0.319 e. The van der Waals surface area contributed by atoms with Crippen LogP contribution < -0.4 is 14.4 Å². The van der Waals surface area contributed by atoms with Gasteiger partial charge in [0, 0.05) is 10.8 Å². The van der Waals surface area contributed by atoms with E-state index >= 15 is 0 Å². The van der Waals surface area contributed by atoms with E-state index < -0.39 is 34.1 Å². The molecule has 2 aromatic carbocycles. The molecule has 0 aromatic heterocycles. The van der Waals surface area contributed by atoms with Crippen LogP contribution in [-0.2, 0) is 14.4 Å². The lowest BCUT2D eigenvalue weighted by Crippen LogP contribution is -2.52. The summed E-state index contributed by atoms with van der Waals surface area (Å²) in [6.07, 6.45) is 0. The van der Waals surface area contributed by atoms with E-state index in [1.54, 1.807) is 43.5 Å². The number of benzene rings is 2. The maximum Gasteiger partial charge on any atom is 0.319 e. The summed E-state index contributed by atoms with van der Waals surface area (Å²) in [5, 5.41) is 0. The number of hydrogen-bond acceptors (Lipinski definition) is 5. The molecule has 6 heteroatoms. The minimum absolute atomic E-state index is 0.247. The summed E-state index contributed by atoms with van der Waals surface area (Å²) in [5.41, 5.74) is -0.288. The van der Waals surface area contributed by atoms with E-state index in [4.69, 9.17) is 9.47 Å². The van der Waals surface area contributed by atoms with E-state index in [-0.39, 0.29) is 11.8 Å². The minimum atomic E-state index is -1.10. The van der Waals surface area contributed by atoms with E-state index in [2.05, 4.69) is 0 Å². The number of hydrogen-bond donors (Lipinski definition) is 0. The molecule has 1 saturated carbocycles. The van der Waals surface area contributed by atoms with Crippen molar-refractivity contribution >= 4 is 23.5 Å². The molecule has 1 heterocycles. The third-order valence-corrected chi connectivity index (χ3v) is 9.44. The highest BCUT2D eigenvalue weighted by Crippen LogP contribution is 2.80. The zero-order chi connectivity index (χ0) is 24.6. The van der Waals surface area contributed by atoms with Crippen molar-refractivity contribution in [2.24, 2.45) is 28.1 Å². The van der Waals surface area contributed by atoms with Crippen LogP contribution in [0.5, 0.6) is 11.5 Å². The molecule has 5 atom stereocenters. The van der Waals surface area contributed by atoms with Crippen molar-refractivity contribution in [3.63, 3.8) is 0 Å². The molecule has 2 aromatic rings. The van der Waals surface area contributed by atoms with Crippen LogP contribution in [0, 0.1) is 28.1 Å². The lowest BCUT2D eigenvalue weighted by molar-refractivity contribution is -0.156. The summed E-state index contributed by atoms with van der Waals surface area (Å²) < 4.78 is 11.1. The van der Waals surface area contributed by atoms with Crippen LogP contribution in [0.1, 0.15) is 34.6 Å². The molecule has 34 heavy (non-hydrogen) atoms. The van der Waals surface area contributed by atoms with Gasteiger partial charge < -0.3 is 9.47 Å². The highest BCUT2D eigenvalue weighted by molar-refractivity contribution is 6.24. The van der Waals surface area contributed by atoms with Gasteiger partial charge >= 0.3 is 5.97 Å². The summed E-state index contributed by atoms with van der Waals surface area (Å²) in [5.74, 6) is -1.14. The monoisotopic (exact) mass is 459 g/mol. The van der Waals surface area contributed by atoms with Crippen LogP contribution in [0.25, 0.3) is 0 Å². The average molecular weight is 460 g/mol. The maximum absolute atomic E-state index is 13.9. The number of carbonyl (C=O) groups excluding carboxylic acids is 3. The van der Waals surface area contributed by atoms with Gasteiger partial charge in [-0.2, -0.15) is 0 Å². The first-order valence-electron chi connectivity index (χ1n) is 11.5. The first-order chi connectivity index (χ1) is 16.0. The van der Waals surface area contributed by atoms with Gasteiger partial charge in [0.25, 0.3) is 0 Å². The number of esters is 1. The fourth-order valence-electron chi connectivity index (χ4n) is 7.10. The normalized spacial score (nSPS) is 34.0. The fourth-order valence-corrected chi connectivity index (χ4v) is 7.10. The standard InChI is InChI=1S/C28H29NO5/c1-16-17(2)27(4)22-21(23(30)29(24(22)31)18-10-8-7-9-11-18)26(16,3)28(27,5)25(32)34-20-14-12-19(33-6)13-15-20/h7-15,21-22H,1-6H3/t21-,22+,26+,27-,28?. The zero-order valence-electron chi connectivity index (χ0n) is 20.3. The molecule has 2 fully saturated rings. The van der Waals surface area contributed by atoms with Crippen molar-refractivity contribution in [1.29, 1.82) is 0 Å². The Morgan fingerprint density at radius 3 is 1.74 bits per heavy atom. The topological polar surface area (TPSA) is 72.9 Å².